The number of benzene rings is 9. The van der Waals surface area contributed by atoms with Gasteiger partial charge in [0, 0.05) is 65.8 Å². The molecule has 6 heteroatoms. The maximum Gasteiger partial charge on any atom is 0.252 e. The van der Waals surface area contributed by atoms with Crippen molar-refractivity contribution in [2.75, 3.05) is 0 Å². The third-order valence-electron chi connectivity index (χ3n) is 18.9. The van der Waals surface area contributed by atoms with Crippen LogP contribution in [0.3, 0.4) is 0 Å². The van der Waals surface area contributed by atoms with E-state index < -0.39 is 0 Å². The fourth-order valence-corrected chi connectivity index (χ4v) is 15.1. The van der Waals surface area contributed by atoms with Crippen LogP contribution in [-0.2, 0) is 21.7 Å². The first kappa shape index (κ1) is 43.5. The van der Waals surface area contributed by atoms with Gasteiger partial charge in [0.05, 0.1) is 44.1 Å². The van der Waals surface area contributed by atoms with Crippen molar-refractivity contribution >= 4 is 133 Å². The van der Waals surface area contributed by atoms with E-state index in [1.807, 2.05) is 0 Å². The van der Waals surface area contributed by atoms with Crippen molar-refractivity contribution in [2.24, 2.45) is 0 Å². The molecule has 4 aliphatic heterocycles. The lowest BCUT2D eigenvalue weighted by atomic mass is 9.31. The van der Waals surface area contributed by atoms with Gasteiger partial charge in [0.25, 0.3) is 13.4 Å². The van der Waals surface area contributed by atoms with Crippen LogP contribution in [0.1, 0.15) is 105 Å². The molecule has 0 N–H and O–H groups in total. The van der Waals surface area contributed by atoms with Crippen LogP contribution in [0.5, 0.6) is 0 Å². The molecular weight excluding hydrogens is 918 g/mol. The predicted octanol–water partition coefficient (Wildman–Crippen LogP) is 13.6. The molecule has 0 fully saturated rings. The minimum atomic E-state index is -0.0133. The van der Waals surface area contributed by atoms with E-state index in [4.69, 9.17) is 0 Å². The smallest absolute Gasteiger partial charge is 0.252 e. The summed E-state index contributed by atoms with van der Waals surface area (Å²) in [4.78, 5) is 0. The van der Waals surface area contributed by atoms with Gasteiger partial charge < -0.3 is 18.3 Å². The Morgan fingerprint density at radius 2 is 0.553 bits per heavy atom. The monoisotopic (exact) mass is 979 g/mol. The average Bonchev–Trinajstić information content (AvgIpc) is 4.20. The molecule has 4 aliphatic rings. The second-order valence-electron chi connectivity index (χ2n) is 27.4. The lowest BCUT2D eigenvalue weighted by molar-refractivity contribution is 0.591. The van der Waals surface area contributed by atoms with E-state index in [0.29, 0.717) is 0 Å². The van der Waals surface area contributed by atoms with Crippen molar-refractivity contribution in [3.05, 3.63) is 168 Å². The Morgan fingerprint density at radius 1 is 0.263 bits per heavy atom. The zero-order valence-corrected chi connectivity index (χ0v) is 45.8. The second-order valence-corrected chi connectivity index (χ2v) is 27.4. The highest BCUT2D eigenvalue weighted by Crippen LogP contribution is 2.47. The third-order valence-corrected chi connectivity index (χ3v) is 18.9. The lowest BCUT2D eigenvalue weighted by Crippen LogP contribution is -2.63. The van der Waals surface area contributed by atoms with Crippen molar-refractivity contribution < 1.29 is 0 Å². The summed E-state index contributed by atoms with van der Waals surface area (Å²) in [5.74, 6) is 0. The summed E-state index contributed by atoms with van der Waals surface area (Å²) in [5.41, 5.74) is 29.4. The highest BCUT2D eigenvalue weighted by atomic mass is 15.1. The van der Waals surface area contributed by atoms with Gasteiger partial charge in [-0.1, -0.05) is 150 Å². The molecule has 8 heterocycles. The van der Waals surface area contributed by atoms with Crippen molar-refractivity contribution in [1.82, 2.24) is 18.3 Å². The van der Waals surface area contributed by atoms with Crippen LogP contribution in [0, 0.1) is 0 Å². The number of rotatable bonds is 0. The molecule has 4 nitrogen and oxygen atoms in total. The summed E-state index contributed by atoms with van der Waals surface area (Å²) in [7, 11) is 0. The molecule has 0 saturated heterocycles. The van der Waals surface area contributed by atoms with E-state index in [-0.39, 0.29) is 35.1 Å². The van der Waals surface area contributed by atoms with Gasteiger partial charge in [0.1, 0.15) is 0 Å². The molecule has 76 heavy (non-hydrogen) atoms. The van der Waals surface area contributed by atoms with Crippen LogP contribution in [0.4, 0.5) is 0 Å². The molecule has 0 unspecified atom stereocenters. The maximum atomic E-state index is 2.71. The van der Waals surface area contributed by atoms with E-state index in [2.05, 4.69) is 247 Å². The lowest BCUT2D eigenvalue weighted by Gasteiger charge is -2.37. The molecule has 0 bridgehead atoms. The Balaban J connectivity index is 1.08. The van der Waals surface area contributed by atoms with Crippen LogP contribution in [0.15, 0.2) is 146 Å². The first-order valence-electron chi connectivity index (χ1n) is 27.8. The van der Waals surface area contributed by atoms with E-state index in [9.17, 15) is 0 Å². The molecule has 9 aromatic carbocycles. The number of para-hydroxylation sites is 2. The highest BCUT2D eigenvalue weighted by Gasteiger charge is 2.46. The normalized spacial score (nSPS) is 14.5. The Hall–Kier alpha value is -7.69. The van der Waals surface area contributed by atoms with Gasteiger partial charge in [-0.15, -0.1) is 0 Å². The van der Waals surface area contributed by atoms with Gasteiger partial charge >= 0.3 is 0 Å². The number of nitrogens with zero attached hydrogens (tertiary/aromatic N) is 4. The molecule has 4 aromatic heterocycles. The highest BCUT2D eigenvalue weighted by molar-refractivity contribution is 7.03. The van der Waals surface area contributed by atoms with Crippen molar-refractivity contribution in [3.8, 4) is 22.7 Å². The number of hydrogen-bond donors (Lipinski definition) is 0. The third kappa shape index (κ3) is 5.15. The summed E-state index contributed by atoms with van der Waals surface area (Å²) < 4.78 is 10.7. The SMILES string of the molecule is CC(C)(C)c1ccc2c(c1)c1cc3c4cc(C(C)(C)C)ccc4n4c3c3c1n2-c1ccccc1B3c1cc2c(cc1-4)-n1c3ccc(C(C)(C)C)cc3c3cc4c5cc(C(C)(C)C)ccc5n5c4c(c31)B2c1ccccc1-5. The molecule has 0 spiro atoms. The Kier molecular flexibility index (Phi) is 7.71. The standard InChI is InChI=1S/C70H60B2N4/c1-67(2,3)37-21-25-53-41(29-37)45-33-47-43-31-39(69(7,8)9)23-27-55(43)75-59-36-60-52(35-51(59)71-49-17-13-15-19-57(49)73(53)63(45)61(71)65(47)75)72-50-18-14-16-20-58(50)74-54-26-22-38(68(4,5)6)30-42(54)46-34-48-44-32-40(70(10,11)12)24-28-56(44)76(60)66(48)62(72)64(46)74/h13-36H,1-12H3. The van der Waals surface area contributed by atoms with Crippen LogP contribution >= 0.6 is 0 Å². The molecule has 0 aliphatic carbocycles. The Labute approximate surface area is 444 Å². The topological polar surface area (TPSA) is 19.7 Å². The minimum Gasteiger partial charge on any atom is -0.310 e. The zero-order chi connectivity index (χ0) is 51.8. The number of fused-ring (bicyclic) bond motifs is 24. The van der Waals surface area contributed by atoms with Crippen LogP contribution in [0.25, 0.3) is 110 Å². The minimum absolute atomic E-state index is 0.00837. The molecule has 0 atom stereocenters. The van der Waals surface area contributed by atoms with E-state index in [1.165, 1.54) is 165 Å². The summed E-state index contributed by atoms with van der Waals surface area (Å²) in [6.07, 6.45) is 0. The quantitative estimate of drug-likeness (QED) is 0.135. The second kappa shape index (κ2) is 13.5. The zero-order valence-electron chi connectivity index (χ0n) is 45.8. The van der Waals surface area contributed by atoms with Gasteiger partial charge in [-0.05, 0) is 156 Å². The molecule has 0 radical (unpaired) electrons. The fraction of sp³-hybridized carbons (Fsp3) is 0.229. The number of hydrogen-bond acceptors (Lipinski definition) is 0. The van der Waals surface area contributed by atoms with Crippen molar-refractivity contribution in [3.63, 3.8) is 0 Å². The van der Waals surface area contributed by atoms with Gasteiger partial charge in [0.2, 0.25) is 0 Å². The summed E-state index contributed by atoms with van der Waals surface area (Å²) in [6, 6.07) is 58.6. The first-order chi connectivity index (χ1) is 36.3. The molecular formula is C70H60B2N4. The summed E-state index contributed by atoms with van der Waals surface area (Å²) in [6.45, 7) is 28.2. The van der Waals surface area contributed by atoms with Gasteiger partial charge in [-0.2, -0.15) is 0 Å². The number of aromatic nitrogens is 4. The fourth-order valence-electron chi connectivity index (χ4n) is 15.1. The van der Waals surface area contributed by atoms with Gasteiger partial charge in [0.15, 0.2) is 0 Å². The molecule has 13 aromatic rings. The summed E-state index contributed by atoms with van der Waals surface area (Å²) in [5, 5.41) is 10.7. The van der Waals surface area contributed by atoms with Crippen LogP contribution < -0.4 is 32.8 Å². The maximum absolute atomic E-state index is 2.71. The molecule has 0 saturated carbocycles. The van der Waals surface area contributed by atoms with Crippen LogP contribution in [0.2, 0.25) is 0 Å². The van der Waals surface area contributed by atoms with Crippen molar-refractivity contribution in [2.45, 2.75) is 105 Å². The summed E-state index contributed by atoms with van der Waals surface area (Å²) >= 11 is 0. The Bertz CT molecular complexity index is 4610. The molecule has 0 amide bonds. The molecule has 17 rings (SSSR count). The van der Waals surface area contributed by atoms with E-state index >= 15 is 0 Å². The van der Waals surface area contributed by atoms with E-state index in [1.54, 1.807) is 0 Å². The van der Waals surface area contributed by atoms with E-state index in [0.717, 1.165) is 0 Å². The average molecular weight is 979 g/mol. The predicted molar refractivity (Wildman–Crippen MR) is 328 cm³/mol. The van der Waals surface area contributed by atoms with Gasteiger partial charge in [-0.25, -0.2) is 0 Å². The molecule has 366 valence electrons. The first-order valence-corrected chi connectivity index (χ1v) is 27.8. The van der Waals surface area contributed by atoms with Gasteiger partial charge in [-0.3, -0.25) is 0 Å². The largest absolute Gasteiger partial charge is 0.310 e. The van der Waals surface area contributed by atoms with Crippen molar-refractivity contribution in [1.29, 1.82) is 0 Å². The Morgan fingerprint density at radius 3 is 0.855 bits per heavy atom. The van der Waals surface area contributed by atoms with Crippen LogP contribution in [-0.4, -0.2) is 31.7 Å².